The van der Waals surface area contributed by atoms with Crippen molar-refractivity contribution in [2.45, 2.75) is 25.4 Å². The summed E-state index contributed by atoms with van der Waals surface area (Å²) in [4.78, 5) is 13.7. The van der Waals surface area contributed by atoms with Gasteiger partial charge in [-0.2, -0.15) is 5.10 Å². The molecule has 1 saturated heterocycles. The lowest BCUT2D eigenvalue weighted by atomic mass is 10.1. The average molecular weight is 284 g/mol. The Morgan fingerprint density at radius 2 is 2.33 bits per heavy atom. The zero-order chi connectivity index (χ0) is 14.8. The normalized spacial score (nSPS) is 19.0. The van der Waals surface area contributed by atoms with Gasteiger partial charge in [-0.15, -0.1) is 0 Å². The van der Waals surface area contributed by atoms with Gasteiger partial charge in [0.2, 0.25) is 5.91 Å². The second-order valence-electron chi connectivity index (χ2n) is 5.64. The molecule has 2 heterocycles. The van der Waals surface area contributed by atoms with E-state index >= 15 is 0 Å². The quantitative estimate of drug-likeness (QED) is 0.932. The number of carbonyl (C=O) groups is 1. The highest BCUT2D eigenvalue weighted by molar-refractivity contribution is 5.92. The van der Waals surface area contributed by atoms with Gasteiger partial charge in [-0.1, -0.05) is 12.1 Å². The SMILES string of the molecule is Cn1cc([C@H]2CCCN2Cc2cccc(C(N)=O)c2)cn1. The molecule has 1 aliphatic heterocycles. The third-order valence-corrected chi connectivity index (χ3v) is 4.07. The molecule has 110 valence electrons. The lowest BCUT2D eigenvalue weighted by Crippen LogP contribution is -2.23. The van der Waals surface area contributed by atoms with Crippen molar-refractivity contribution in [3.8, 4) is 0 Å². The molecule has 2 N–H and O–H groups in total. The minimum absolute atomic E-state index is 0.373. The Morgan fingerprint density at radius 1 is 1.48 bits per heavy atom. The third-order valence-electron chi connectivity index (χ3n) is 4.07. The number of nitrogens with zero attached hydrogens (tertiary/aromatic N) is 3. The molecule has 0 saturated carbocycles. The van der Waals surface area contributed by atoms with Gasteiger partial charge in [0.1, 0.15) is 0 Å². The monoisotopic (exact) mass is 284 g/mol. The third kappa shape index (κ3) is 2.97. The summed E-state index contributed by atoms with van der Waals surface area (Å²) in [6.07, 6.45) is 6.38. The first-order valence-corrected chi connectivity index (χ1v) is 7.25. The van der Waals surface area contributed by atoms with Gasteiger partial charge in [-0.3, -0.25) is 14.4 Å². The van der Waals surface area contributed by atoms with Gasteiger partial charge >= 0.3 is 0 Å². The van der Waals surface area contributed by atoms with Crippen LogP contribution in [0, 0.1) is 0 Å². The summed E-state index contributed by atoms with van der Waals surface area (Å²) in [5, 5.41) is 4.27. The van der Waals surface area contributed by atoms with Crippen molar-refractivity contribution in [3.63, 3.8) is 0 Å². The molecular weight excluding hydrogens is 264 g/mol. The molecule has 5 nitrogen and oxygen atoms in total. The first-order valence-electron chi connectivity index (χ1n) is 7.25. The van der Waals surface area contributed by atoms with Crippen molar-refractivity contribution < 1.29 is 4.79 Å². The molecule has 0 unspecified atom stereocenters. The highest BCUT2D eigenvalue weighted by atomic mass is 16.1. The molecule has 0 bridgehead atoms. The van der Waals surface area contributed by atoms with Gasteiger partial charge in [-0.05, 0) is 37.1 Å². The van der Waals surface area contributed by atoms with Crippen LogP contribution >= 0.6 is 0 Å². The number of likely N-dealkylation sites (tertiary alicyclic amines) is 1. The molecule has 1 amide bonds. The van der Waals surface area contributed by atoms with Crippen molar-refractivity contribution >= 4 is 5.91 Å². The van der Waals surface area contributed by atoms with Gasteiger partial charge in [0.05, 0.1) is 6.20 Å². The molecule has 1 fully saturated rings. The lowest BCUT2D eigenvalue weighted by molar-refractivity contribution is 0.1000. The maximum Gasteiger partial charge on any atom is 0.248 e. The molecule has 0 radical (unpaired) electrons. The average Bonchev–Trinajstić information content (AvgIpc) is 3.08. The Bertz CT molecular complexity index is 649. The van der Waals surface area contributed by atoms with Crippen molar-refractivity contribution in [2.75, 3.05) is 6.54 Å². The molecule has 0 spiro atoms. The lowest BCUT2D eigenvalue weighted by Gasteiger charge is -2.23. The van der Waals surface area contributed by atoms with Gasteiger partial charge < -0.3 is 5.73 Å². The summed E-state index contributed by atoms with van der Waals surface area (Å²) in [7, 11) is 1.94. The molecule has 1 aliphatic rings. The number of amides is 1. The van der Waals surface area contributed by atoms with E-state index in [4.69, 9.17) is 5.73 Å². The van der Waals surface area contributed by atoms with Crippen LogP contribution in [-0.4, -0.2) is 27.1 Å². The molecule has 3 rings (SSSR count). The summed E-state index contributed by atoms with van der Waals surface area (Å²) < 4.78 is 1.85. The second kappa shape index (κ2) is 5.69. The predicted octanol–water partition coefficient (Wildman–Crippen LogP) is 1.86. The van der Waals surface area contributed by atoms with Gasteiger partial charge in [0, 0.05) is 37.0 Å². The highest BCUT2D eigenvalue weighted by Crippen LogP contribution is 2.32. The van der Waals surface area contributed by atoms with E-state index in [-0.39, 0.29) is 5.91 Å². The fourth-order valence-corrected chi connectivity index (χ4v) is 3.06. The van der Waals surface area contributed by atoms with Crippen LogP contribution in [0.5, 0.6) is 0 Å². The molecule has 2 aromatic rings. The topological polar surface area (TPSA) is 64.2 Å². The standard InChI is InChI=1S/C16H20N4O/c1-19-11-14(9-18-19)15-6-3-7-20(15)10-12-4-2-5-13(8-12)16(17)21/h2,4-5,8-9,11,15H,3,6-7,10H2,1H3,(H2,17,21)/t15-/m1/s1. The number of nitrogens with two attached hydrogens (primary N) is 1. The van der Waals surface area contributed by atoms with Crippen LogP contribution in [0.2, 0.25) is 0 Å². The van der Waals surface area contributed by atoms with Crippen LogP contribution in [0.1, 0.15) is 40.4 Å². The number of carbonyl (C=O) groups excluding carboxylic acids is 1. The number of aromatic nitrogens is 2. The van der Waals surface area contributed by atoms with E-state index < -0.39 is 0 Å². The molecule has 1 atom stereocenters. The van der Waals surface area contributed by atoms with Crippen LogP contribution in [0.4, 0.5) is 0 Å². The fraction of sp³-hybridized carbons (Fsp3) is 0.375. The summed E-state index contributed by atoms with van der Waals surface area (Å²) in [5.74, 6) is -0.373. The Balaban J connectivity index is 1.77. The smallest absolute Gasteiger partial charge is 0.248 e. The minimum atomic E-state index is -0.373. The number of aryl methyl sites for hydroxylation is 1. The highest BCUT2D eigenvalue weighted by Gasteiger charge is 2.26. The number of benzene rings is 1. The Morgan fingerprint density at radius 3 is 3.05 bits per heavy atom. The zero-order valence-corrected chi connectivity index (χ0v) is 12.2. The molecular formula is C16H20N4O. The van der Waals surface area contributed by atoms with Crippen LogP contribution in [0.25, 0.3) is 0 Å². The Hall–Kier alpha value is -2.14. The maximum absolute atomic E-state index is 11.3. The number of hydrogen-bond donors (Lipinski definition) is 1. The van der Waals surface area contributed by atoms with Crippen LogP contribution < -0.4 is 5.73 Å². The number of hydrogen-bond acceptors (Lipinski definition) is 3. The minimum Gasteiger partial charge on any atom is -0.366 e. The van der Waals surface area contributed by atoms with Crippen LogP contribution in [-0.2, 0) is 13.6 Å². The molecule has 0 aliphatic carbocycles. The van der Waals surface area contributed by atoms with E-state index in [1.54, 1.807) is 6.07 Å². The van der Waals surface area contributed by atoms with Crippen molar-refractivity contribution in [1.29, 1.82) is 0 Å². The van der Waals surface area contributed by atoms with E-state index in [9.17, 15) is 4.79 Å². The van der Waals surface area contributed by atoms with E-state index in [1.807, 2.05) is 36.1 Å². The second-order valence-corrected chi connectivity index (χ2v) is 5.64. The molecule has 21 heavy (non-hydrogen) atoms. The van der Waals surface area contributed by atoms with Gasteiger partial charge in [-0.25, -0.2) is 0 Å². The number of rotatable bonds is 4. The van der Waals surface area contributed by atoms with Gasteiger partial charge in [0.15, 0.2) is 0 Å². The first-order chi connectivity index (χ1) is 10.1. The Labute approximate surface area is 124 Å². The van der Waals surface area contributed by atoms with Gasteiger partial charge in [0.25, 0.3) is 0 Å². The van der Waals surface area contributed by atoms with Crippen molar-refractivity contribution in [1.82, 2.24) is 14.7 Å². The maximum atomic E-state index is 11.3. The summed E-state index contributed by atoms with van der Waals surface area (Å²) in [6.45, 7) is 1.90. The van der Waals surface area contributed by atoms with Crippen LogP contribution in [0.15, 0.2) is 36.7 Å². The van der Waals surface area contributed by atoms with Crippen LogP contribution in [0.3, 0.4) is 0 Å². The molecule has 1 aromatic carbocycles. The van der Waals surface area contributed by atoms with Crippen molar-refractivity contribution in [2.24, 2.45) is 12.8 Å². The number of primary amides is 1. The fourth-order valence-electron chi connectivity index (χ4n) is 3.06. The Kier molecular flexibility index (Phi) is 3.75. The van der Waals surface area contributed by atoms with E-state index in [2.05, 4.69) is 16.2 Å². The summed E-state index contributed by atoms with van der Waals surface area (Å²) in [5.41, 5.74) is 8.31. The largest absolute Gasteiger partial charge is 0.366 e. The van der Waals surface area contributed by atoms with E-state index in [0.29, 0.717) is 11.6 Å². The zero-order valence-electron chi connectivity index (χ0n) is 12.2. The van der Waals surface area contributed by atoms with E-state index in [1.165, 1.54) is 12.0 Å². The summed E-state index contributed by atoms with van der Waals surface area (Å²) >= 11 is 0. The molecule has 1 aromatic heterocycles. The van der Waals surface area contributed by atoms with E-state index in [0.717, 1.165) is 25.1 Å². The molecule has 5 heteroatoms. The van der Waals surface area contributed by atoms with Crippen molar-refractivity contribution in [3.05, 3.63) is 53.3 Å². The predicted molar refractivity (Wildman–Crippen MR) is 80.6 cm³/mol. The first kappa shape index (κ1) is 13.8. The summed E-state index contributed by atoms with van der Waals surface area (Å²) in [6, 6.07) is 8.00.